The molecule has 0 aliphatic rings. The van der Waals surface area contributed by atoms with Gasteiger partial charge in [0.2, 0.25) is 0 Å². The Kier molecular flexibility index (Phi) is 2.77. The van der Waals surface area contributed by atoms with E-state index in [2.05, 4.69) is 45.9 Å². The second-order valence-electron chi connectivity index (χ2n) is 4.61. The van der Waals surface area contributed by atoms with Crippen molar-refractivity contribution in [2.24, 2.45) is 5.73 Å². The number of hydrogen-bond donors (Lipinski definition) is 1. The van der Waals surface area contributed by atoms with Crippen LogP contribution in [0.5, 0.6) is 0 Å². The predicted molar refractivity (Wildman–Crippen MR) is 57.8 cm³/mol. The van der Waals surface area contributed by atoms with Crippen molar-refractivity contribution in [3.8, 4) is 0 Å². The highest BCUT2D eigenvalue weighted by Gasteiger charge is 2.16. The summed E-state index contributed by atoms with van der Waals surface area (Å²) in [5, 5.41) is 0. The van der Waals surface area contributed by atoms with E-state index < -0.39 is 0 Å². The van der Waals surface area contributed by atoms with Crippen molar-refractivity contribution in [3.63, 3.8) is 0 Å². The van der Waals surface area contributed by atoms with Crippen LogP contribution in [0, 0.1) is 6.92 Å². The van der Waals surface area contributed by atoms with E-state index in [0.717, 1.165) is 0 Å². The third kappa shape index (κ3) is 2.31. The van der Waals surface area contributed by atoms with E-state index in [4.69, 9.17) is 5.73 Å². The van der Waals surface area contributed by atoms with E-state index in [0.29, 0.717) is 6.54 Å². The van der Waals surface area contributed by atoms with Crippen LogP contribution in [0.2, 0.25) is 0 Å². The van der Waals surface area contributed by atoms with Gasteiger partial charge in [-0.1, -0.05) is 44.5 Å². The van der Waals surface area contributed by atoms with E-state index >= 15 is 0 Å². The zero-order valence-corrected chi connectivity index (χ0v) is 9.02. The molecule has 0 radical (unpaired) electrons. The SMILES string of the molecule is Cc1ccc(C(C)(C)C)c(CN)c1. The number of rotatable bonds is 1. The summed E-state index contributed by atoms with van der Waals surface area (Å²) in [5.41, 5.74) is 9.83. The lowest BCUT2D eigenvalue weighted by atomic mass is 9.83. The van der Waals surface area contributed by atoms with E-state index in [1.165, 1.54) is 16.7 Å². The maximum atomic E-state index is 5.72. The lowest BCUT2D eigenvalue weighted by molar-refractivity contribution is 0.582. The second kappa shape index (κ2) is 3.51. The molecule has 0 unspecified atom stereocenters. The fourth-order valence-corrected chi connectivity index (χ4v) is 1.62. The van der Waals surface area contributed by atoms with Gasteiger partial charge >= 0.3 is 0 Å². The molecule has 13 heavy (non-hydrogen) atoms. The molecule has 0 saturated heterocycles. The van der Waals surface area contributed by atoms with Gasteiger partial charge in [0.25, 0.3) is 0 Å². The zero-order valence-electron chi connectivity index (χ0n) is 9.02. The summed E-state index contributed by atoms with van der Waals surface area (Å²) in [6.45, 7) is 9.39. The van der Waals surface area contributed by atoms with Gasteiger partial charge in [0.15, 0.2) is 0 Å². The van der Waals surface area contributed by atoms with Crippen LogP contribution >= 0.6 is 0 Å². The minimum absolute atomic E-state index is 0.197. The fraction of sp³-hybridized carbons (Fsp3) is 0.500. The molecule has 1 rings (SSSR count). The molecule has 1 heteroatoms. The fourth-order valence-electron chi connectivity index (χ4n) is 1.62. The first-order valence-electron chi connectivity index (χ1n) is 4.75. The molecule has 0 aromatic heterocycles. The molecule has 2 N–H and O–H groups in total. The highest BCUT2D eigenvalue weighted by atomic mass is 14.5. The Labute approximate surface area is 81.0 Å². The number of hydrogen-bond acceptors (Lipinski definition) is 1. The molecule has 0 spiro atoms. The molecular weight excluding hydrogens is 158 g/mol. The first kappa shape index (κ1) is 10.3. The van der Waals surface area contributed by atoms with Gasteiger partial charge < -0.3 is 5.73 Å². The monoisotopic (exact) mass is 177 g/mol. The van der Waals surface area contributed by atoms with Crippen molar-refractivity contribution in [2.75, 3.05) is 0 Å². The largest absolute Gasteiger partial charge is 0.326 e. The first-order valence-corrected chi connectivity index (χ1v) is 4.75. The molecule has 1 aromatic carbocycles. The van der Waals surface area contributed by atoms with Gasteiger partial charge in [0.1, 0.15) is 0 Å². The maximum Gasteiger partial charge on any atom is 0.0181 e. The Balaban J connectivity index is 3.22. The second-order valence-corrected chi connectivity index (χ2v) is 4.61. The Morgan fingerprint density at radius 2 is 1.85 bits per heavy atom. The average Bonchev–Trinajstić information content (AvgIpc) is 2.01. The van der Waals surface area contributed by atoms with Crippen molar-refractivity contribution in [1.29, 1.82) is 0 Å². The van der Waals surface area contributed by atoms with Crippen molar-refractivity contribution in [3.05, 3.63) is 34.9 Å². The normalized spacial score (nSPS) is 11.8. The van der Waals surface area contributed by atoms with Crippen LogP contribution in [0.3, 0.4) is 0 Å². The molecule has 0 fully saturated rings. The number of aryl methyl sites for hydroxylation is 1. The third-order valence-corrected chi connectivity index (χ3v) is 2.29. The minimum atomic E-state index is 0.197. The molecule has 0 saturated carbocycles. The summed E-state index contributed by atoms with van der Waals surface area (Å²) in [5.74, 6) is 0. The Bertz CT molecular complexity index is 294. The minimum Gasteiger partial charge on any atom is -0.326 e. The van der Waals surface area contributed by atoms with E-state index in [1.807, 2.05) is 0 Å². The predicted octanol–water partition coefficient (Wildman–Crippen LogP) is 2.75. The first-order chi connectivity index (χ1) is 5.95. The molecule has 0 amide bonds. The van der Waals surface area contributed by atoms with Crippen LogP contribution in [-0.2, 0) is 12.0 Å². The molecule has 0 aliphatic carbocycles. The van der Waals surface area contributed by atoms with Crippen molar-refractivity contribution < 1.29 is 0 Å². The highest BCUT2D eigenvalue weighted by molar-refractivity contribution is 5.35. The Morgan fingerprint density at radius 1 is 1.23 bits per heavy atom. The van der Waals surface area contributed by atoms with Gasteiger partial charge in [0.05, 0.1) is 0 Å². The maximum absolute atomic E-state index is 5.72. The smallest absolute Gasteiger partial charge is 0.0181 e. The van der Waals surface area contributed by atoms with Gasteiger partial charge in [0, 0.05) is 6.54 Å². The van der Waals surface area contributed by atoms with Crippen LogP contribution in [0.15, 0.2) is 18.2 Å². The third-order valence-electron chi connectivity index (χ3n) is 2.29. The van der Waals surface area contributed by atoms with E-state index in [-0.39, 0.29) is 5.41 Å². The number of benzene rings is 1. The quantitative estimate of drug-likeness (QED) is 0.701. The summed E-state index contributed by atoms with van der Waals surface area (Å²) < 4.78 is 0. The molecular formula is C12H19N. The van der Waals surface area contributed by atoms with Crippen LogP contribution in [0.4, 0.5) is 0 Å². The molecule has 0 atom stereocenters. The standard InChI is InChI=1S/C12H19N/c1-9-5-6-11(12(2,3)4)10(7-9)8-13/h5-7H,8,13H2,1-4H3. The van der Waals surface area contributed by atoms with Gasteiger partial charge in [-0.25, -0.2) is 0 Å². The Hall–Kier alpha value is -0.820. The molecule has 1 nitrogen and oxygen atoms in total. The van der Waals surface area contributed by atoms with Crippen molar-refractivity contribution in [1.82, 2.24) is 0 Å². The lowest BCUT2D eigenvalue weighted by Crippen LogP contribution is -2.16. The van der Waals surface area contributed by atoms with E-state index in [9.17, 15) is 0 Å². The van der Waals surface area contributed by atoms with Gasteiger partial charge in [-0.15, -0.1) is 0 Å². The summed E-state index contributed by atoms with van der Waals surface area (Å²) in [4.78, 5) is 0. The van der Waals surface area contributed by atoms with E-state index in [1.54, 1.807) is 0 Å². The lowest BCUT2D eigenvalue weighted by Gasteiger charge is -2.22. The summed E-state index contributed by atoms with van der Waals surface area (Å²) in [7, 11) is 0. The van der Waals surface area contributed by atoms with Crippen LogP contribution < -0.4 is 5.73 Å². The van der Waals surface area contributed by atoms with Crippen LogP contribution in [0.25, 0.3) is 0 Å². The number of nitrogens with two attached hydrogens (primary N) is 1. The van der Waals surface area contributed by atoms with Crippen LogP contribution in [-0.4, -0.2) is 0 Å². The average molecular weight is 177 g/mol. The van der Waals surface area contributed by atoms with Crippen molar-refractivity contribution in [2.45, 2.75) is 39.7 Å². The Morgan fingerprint density at radius 3 is 2.31 bits per heavy atom. The van der Waals surface area contributed by atoms with Crippen LogP contribution in [0.1, 0.15) is 37.5 Å². The highest BCUT2D eigenvalue weighted by Crippen LogP contribution is 2.26. The summed E-state index contributed by atoms with van der Waals surface area (Å²) in [6.07, 6.45) is 0. The summed E-state index contributed by atoms with van der Waals surface area (Å²) >= 11 is 0. The molecule has 1 aromatic rings. The topological polar surface area (TPSA) is 26.0 Å². The van der Waals surface area contributed by atoms with Crippen molar-refractivity contribution >= 4 is 0 Å². The summed E-state index contributed by atoms with van der Waals surface area (Å²) in [6, 6.07) is 6.53. The molecule has 72 valence electrons. The van der Waals surface area contributed by atoms with Gasteiger partial charge in [-0.2, -0.15) is 0 Å². The zero-order chi connectivity index (χ0) is 10.1. The molecule has 0 aliphatic heterocycles. The molecule has 0 bridgehead atoms. The molecule has 0 heterocycles. The van der Waals surface area contributed by atoms with Gasteiger partial charge in [-0.05, 0) is 23.5 Å². The van der Waals surface area contributed by atoms with Gasteiger partial charge in [-0.3, -0.25) is 0 Å².